The van der Waals surface area contributed by atoms with Crippen molar-refractivity contribution in [2.45, 2.75) is 6.10 Å². The molecule has 1 unspecified atom stereocenters. The summed E-state index contributed by atoms with van der Waals surface area (Å²) >= 11 is 11.4. The lowest BCUT2D eigenvalue weighted by atomic mass is 10.2. The predicted octanol–water partition coefficient (Wildman–Crippen LogP) is 2.38. The fraction of sp³-hybridized carbons (Fsp3) is 0.467. The van der Waals surface area contributed by atoms with E-state index in [9.17, 15) is 14.0 Å². The number of morpholine rings is 1. The zero-order valence-corrected chi connectivity index (χ0v) is 15.0. The Morgan fingerprint density at radius 1 is 1.44 bits per heavy atom. The van der Waals surface area contributed by atoms with Gasteiger partial charge < -0.3 is 20.1 Å². The minimum atomic E-state index is -0.932. The first-order chi connectivity index (χ1) is 11.8. The lowest BCUT2D eigenvalue weighted by Crippen LogP contribution is -2.50. The van der Waals surface area contributed by atoms with Crippen molar-refractivity contribution in [3.05, 3.63) is 28.0 Å². The summed E-state index contributed by atoms with van der Waals surface area (Å²) in [5, 5.41) is 11.0. The van der Waals surface area contributed by atoms with Gasteiger partial charge in [0.05, 0.1) is 29.3 Å². The Morgan fingerprint density at radius 2 is 2.08 bits per heavy atom. The third-order valence-electron chi connectivity index (χ3n) is 3.58. The number of anilines is 1. The molecule has 1 atom stereocenters. The summed E-state index contributed by atoms with van der Waals surface area (Å²) in [6.45, 7) is 1.29. The quantitative estimate of drug-likeness (QED) is 0.750. The molecule has 0 bridgehead atoms. The topological polar surface area (TPSA) is 82.1 Å². The van der Waals surface area contributed by atoms with E-state index in [0.29, 0.717) is 26.2 Å². The van der Waals surface area contributed by atoms with E-state index in [4.69, 9.17) is 33.0 Å². The number of carbonyl (C=O) groups is 2. The lowest BCUT2D eigenvalue weighted by Gasteiger charge is -2.34. The maximum Gasteiger partial charge on any atom is 0.322 e. The van der Waals surface area contributed by atoms with Gasteiger partial charge in [-0.25, -0.2) is 9.18 Å². The number of likely N-dealkylation sites (N-methyl/N-ethyl adjacent to an activating group) is 1. The van der Waals surface area contributed by atoms with Crippen LogP contribution in [0.2, 0.25) is 10.0 Å². The molecule has 0 radical (unpaired) electrons. The van der Waals surface area contributed by atoms with Crippen LogP contribution in [0.15, 0.2) is 12.1 Å². The van der Waals surface area contributed by atoms with Gasteiger partial charge in [0.15, 0.2) is 5.82 Å². The average molecular weight is 394 g/mol. The van der Waals surface area contributed by atoms with Crippen LogP contribution < -0.4 is 5.32 Å². The van der Waals surface area contributed by atoms with Crippen LogP contribution in [-0.4, -0.2) is 72.8 Å². The molecule has 10 heteroatoms. The number of amides is 2. The Balaban J connectivity index is 1.94. The molecule has 0 saturated carbocycles. The molecule has 0 aromatic heterocycles. The monoisotopic (exact) mass is 393 g/mol. The number of rotatable bonds is 5. The normalized spacial score (nSPS) is 17.6. The average Bonchev–Trinajstić information content (AvgIpc) is 2.51. The molecular weight excluding hydrogens is 376 g/mol. The number of ether oxygens (including phenoxy) is 1. The van der Waals surface area contributed by atoms with Crippen molar-refractivity contribution in [3.63, 3.8) is 0 Å². The van der Waals surface area contributed by atoms with Gasteiger partial charge in [0.1, 0.15) is 0 Å². The minimum absolute atomic E-state index is 0.112. The fourth-order valence-corrected chi connectivity index (χ4v) is 2.97. The molecular formula is C15H18Cl2FN3O4. The van der Waals surface area contributed by atoms with Crippen molar-refractivity contribution < 1.29 is 23.8 Å². The third kappa shape index (κ3) is 5.71. The van der Waals surface area contributed by atoms with Gasteiger partial charge in [0, 0.05) is 25.3 Å². The first-order valence-electron chi connectivity index (χ1n) is 7.48. The number of urea groups is 1. The SMILES string of the molecule is CN(CC(=O)O)CC1CN(C(=O)Nc2cc(Cl)c(F)c(Cl)c2)CCO1. The van der Waals surface area contributed by atoms with Crippen LogP contribution in [-0.2, 0) is 9.53 Å². The van der Waals surface area contributed by atoms with E-state index in [1.807, 2.05) is 0 Å². The number of carbonyl (C=O) groups excluding carboxylic acids is 1. The fourth-order valence-electron chi connectivity index (χ4n) is 2.49. The van der Waals surface area contributed by atoms with Crippen LogP contribution in [0.4, 0.5) is 14.9 Å². The van der Waals surface area contributed by atoms with E-state index in [-0.39, 0.29) is 28.4 Å². The van der Waals surface area contributed by atoms with E-state index < -0.39 is 17.8 Å². The highest BCUT2D eigenvalue weighted by Gasteiger charge is 2.26. The van der Waals surface area contributed by atoms with Gasteiger partial charge in [0.25, 0.3) is 0 Å². The van der Waals surface area contributed by atoms with Crippen molar-refractivity contribution >= 4 is 40.9 Å². The van der Waals surface area contributed by atoms with Gasteiger partial charge in [-0.15, -0.1) is 0 Å². The molecule has 2 amide bonds. The van der Waals surface area contributed by atoms with E-state index in [1.54, 1.807) is 11.9 Å². The Morgan fingerprint density at radius 3 is 2.68 bits per heavy atom. The predicted molar refractivity (Wildman–Crippen MR) is 91.9 cm³/mol. The largest absolute Gasteiger partial charge is 0.480 e. The van der Waals surface area contributed by atoms with Crippen molar-refractivity contribution in [3.8, 4) is 0 Å². The van der Waals surface area contributed by atoms with E-state index in [1.165, 1.54) is 17.0 Å². The van der Waals surface area contributed by atoms with Gasteiger partial charge >= 0.3 is 12.0 Å². The third-order valence-corrected chi connectivity index (χ3v) is 4.13. The molecule has 0 aliphatic carbocycles. The number of carboxylic acid groups (broad SMARTS) is 1. The minimum Gasteiger partial charge on any atom is -0.480 e. The summed E-state index contributed by atoms with van der Waals surface area (Å²) in [4.78, 5) is 26.2. The maximum absolute atomic E-state index is 13.4. The Bertz CT molecular complexity index is 639. The first kappa shape index (κ1) is 19.7. The van der Waals surface area contributed by atoms with Crippen LogP contribution in [0.1, 0.15) is 0 Å². The summed E-state index contributed by atoms with van der Waals surface area (Å²) in [6.07, 6.45) is -0.302. The molecule has 2 N–H and O–H groups in total. The van der Waals surface area contributed by atoms with Crippen molar-refractivity contribution in [1.29, 1.82) is 0 Å². The Labute approximate surface area is 154 Å². The smallest absolute Gasteiger partial charge is 0.322 e. The van der Waals surface area contributed by atoms with Gasteiger partial charge in [-0.1, -0.05) is 23.2 Å². The van der Waals surface area contributed by atoms with Crippen molar-refractivity contribution in [2.75, 3.05) is 45.2 Å². The van der Waals surface area contributed by atoms with Gasteiger partial charge in [0.2, 0.25) is 0 Å². The molecule has 0 spiro atoms. The zero-order valence-electron chi connectivity index (χ0n) is 13.5. The van der Waals surface area contributed by atoms with Crippen LogP contribution in [0.25, 0.3) is 0 Å². The number of halogens is 3. The zero-order chi connectivity index (χ0) is 18.6. The number of nitrogens with zero attached hydrogens (tertiary/aromatic N) is 2. The summed E-state index contributed by atoms with van der Waals surface area (Å²) < 4.78 is 19.0. The number of hydrogen-bond donors (Lipinski definition) is 2. The second-order valence-electron chi connectivity index (χ2n) is 5.71. The highest BCUT2D eigenvalue weighted by atomic mass is 35.5. The molecule has 7 nitrogen and oxygen atoms in total. The molecule has 1 fully saturated rings. The van der Waals surface area contributed by atoms with Crippen LogP contribution in [0, 0.1) is 5.82 Å². The molecule has 138 valence electrons. The molecule has 25 heavy (non-hydrogen) atoms. The summed E-state index contributed by atoms with van der Waals surface area (Å²) in [6, 6.07) is 2.16. The summed E-state index contributed by atoms with van der Waals surface area (Å²) in [5.41, 5.74) is 0.285. The van der Waals surface area contributed by atoms with Gasteiger partial charge in [-0.2, -0.15) is 0 Å². The van der Waals surface area contributed by atoms with Crippen LogP contribution in [0.3, 0.4) is 0 Å². The van der Waals surface area contributed by atoms with Crippen molar-refractivity contribution in [1.82, 2.24) is 9.80 Å². The highest BCUT2D eigenvalue weighted by Crippen LogP contribution is 2.27. The molecule has 1 aromatic carbocycles. The second-order valence-corrected chi connectivity index (χ2v) is 6.53. The highest BCUT2D eigenvalue weighted by molar-refractivity contribution is 6.35. The van der Waals surface area contributed by atoms with Crippen LogP contribution >= 0.6 is 23.2 Å². The molecule has 1 aromatic rings. The molecule has 1 aliphatic rings. The van der Waals surface area contributed by atoms with E-state index in [2.05, 4.69) is 5.32 Å². The van der Waals surface area contributed by atoms with Gasteiger partial charge in [-0.05, 0) is 19.2 Å². The number of aliphatic carboxylic acids is 1. The molecule has 1 saturated heterocycles. The lowest BCUT2D eigenvalue weighted by molar-refractivity contribution is -0.138. The van der Waals surface area contributed by atoms with E-state index >= 15 is 0 Å². The standard InChI is InChI=1S/C15H18Cl2FN3O4/c1-20(8-13(22)23)6-10-7-21(2-3-25-10)15(24)19-9-4-11(16)14(18)12(17)5-9/h4-5,10H,2-3,6-8H2,1H3,(H,19,24)(H,22,23). The molecule has 1 aliphatic heterocycles. The number of benzene rings is 1. The molecule has 2 rings (SSSR count). The van der Waals surface area contributed by atoms with Gasteiger partial charge in [-0.3, -0.25) is 9.69 Å². The number of carboxylic acids is 1. The Hall–Kier alpha value is -1.61. The Kier molecular flexibility index (Phi) is 6.83. The number of nitrogens with one attached hydrogen (secondary N) is 1. The molecule has 1 heterocycles. The summed E-state index contributed by atoms with van der Waals surface area (Å²) in [5.74, 6) is -1.67. The van der Waals surface area contributed by atoms with Crippen molar-refractivity contribution in [2.24, 2.45) is 0 Å². The number of hydrogen-bond acceptors (Lipinski definition) is 4. The van der Waals surface area contributed by atoms with Crippen LogP contribution in [0.5, 0.6) is 0 Å². The summed E-state index contributed by atoms with van der Waals surface area (Å²) in [7, 11) is 1.67. The first-order valence-corrected chi connectivity index (χ1v) is 8.24. The second kappa shape index (κ2) is 8.66. The maximum atomic E-state index is 13.4. The van der Waals surface area contributed by atoms with E-state index in [0.717, 1.165) is 0 Å².